The standard InChI is InChI=1S/C21H24Cl2N2O2S/c1-3-24-21(27)15(2)25(14-16-9-10-17(22)13-19(16)23)20(26)11-12-28-18-7-5-4-6-8-18/h4-10,13,15H,3,11-12,14H2,1-2H3,(H,24,27)/t15-/m1/s1. The van der Waals surface area contributed by atoms with E-state index in [9.17, 15) is 9.59 Å². The summed E-state index contributed by atoms with van der Waals surface area (Å²) in [6, 6.07) is 14.5. The number of nitrogens with one attached hydrogen (secondary N) is 1. The number of likely N-dealkylation sites (N-methyl/N-ethyl adjacent to an activating group) is 1. The molecule has 0 aliphatic heterocycles. The van der Waals surface area contributed by atoms with Crippen LogP contribution < -0.4 is 5.32 Å². The maximum absolute atomic E-state index is 12.9. The molecule has 2 aromatic carbocycles. The van der Waals surface area contributed by atoms with Gasteiger partial charge in [-0.2, -0.15) is 0 Å². The molecule has 0 unspecified atom stereocenters. The molecule has 0 spiro atoms. The molecular weight excluding hydrogens is 415 g/mol. The predicted octanol–water partition coefficient (Wildman–Crippen LogP) is 5.03. The van der Waals surface area contributed by atoms with Gasteiger partial charge in [0.1, 0.15) is 6.04 Å². The van der Waals surface area contributed by atoms with Gasteiger partial charge in [-0.25, -0.2) is 0 Å². The summed E-state index contributed by atoms with van der Waals surface area (Å²) < 4.78 is 0. The molecule has 2 aromatic rings. The minimum atomic E-state index is -0.596. The van der Waals surface area contributed by atoms with Crippen LogP contribution in [0.25, 0.3) is 0 Å². The van der Waals surface area contributed by atoms with Crippen LogP contribution in [0, 0.1) is 0 Å². The van der Waals surface area contributed by atoms with Gasteiger partial charge < -0.3 is 10.2 Å². The van der Waals surface area contributed by atoms with Crippen LogP contribution >= 0.6 is 35.0 Å². The van der Waals surface area contributed by atoms with Gasteiger partial charge in [-0.05, 0) is 43.7 Å². The second-order valence-electron chi connectivity index (χ2n) is 6.24. The van der Waals surface area contributed by atoms with Crippen LogP contribution in [0.4, 0.5) is 0 Å². The third-order valence-corrected chi connectivity index (χ3v) is 5.80. The van der Waals surface area contributed by atoms with Crippen molar-refractivity contribution < 1.29 is 9.59 Å². The van der Waals surface area contributed by atoms with E-state index < -0.39 is 6.04 Å². The summed E-state index contributed by atoms with van der Waals surface area (Å²) in [6.07, 6.45) is 0.328. The molecule has 0 saturated carbocycles. The minimum Gasteiger partial charge on any atom is -0.355 e. The lowest BCUT2D eigenvalue weighted by Crippen LogP contribution is -2.47. The topological polar surface area (TPSA) is 49.4 Å². The van der Waals surface area contributed by atoms with Crippen molar-refractivity contribution in [2.75, 3.05) is 12.3 Å². The van der Waals surface area contributed by atoms with Crippen LogP contribution in [0.5, 0.6) is 0 Å². The zero-order valence-corrected chi connectivity index (χ0v) is 18.3. The van der Waals surface area contributed by atoms with Gasteiger partial charge in [0.15, 0.2) is 0 Å². The van der Waals surface area contributed by atoms with Gasteiger partial charge in [0, 0.05) is 40.2 Å². The summed E-state index contributed by atoms with van der Waals surface area (Å²) in [5.74, 6) is 0.361. The summed E-state index contributed by atoms with van der Waals surface area (Å²) in [5.41, 5.74) is 0.756. The van der Waals surface area contributed by atoms with Crippen molar-refractivity contribution in [3.63, 3.8) is 0 Å². The van der Waals surface area contributed by atoms with Crippen molar-refractivity contribution in [3.05, 3.63) is 64.1 Å². The summed E-state index contributed by atoms with van der Waals surface area (Å²) in [5, 5.41) is 3.79. The van der Waals surface area contributed by atoms with Crippen LogP contribution in [-0.2, 0) is 16.1 Å². The number of benzene rings is 2. The monoisotopic (exact) mass is 438 g/mol. The maximum atomic E-state index is 12.9. The van der Waals surface area contributed by atoms with Gasteiger partial charge in [0.05, 0.1) is 0 Å². The summed E-state index contributed by atoms with van der Waals surface area (Å²) >= 11 is 13.9. The van der Waals surface area contributed by atoms with Crippen LogP contribution in [0.15, 0.2) is 53.4 Å². The Morgan fingerprint density at radius 2 is 1.86 bits per heavy atom. The third kappa shape index (κ3) is 6.73. The average Bonchev–Trinajstić information content (AvgIpc) is 2.68. The lowest BCUT2D eigenvalue weighted by atomic mass is 10.1. The highest BCUT2D eigenvalue weighted by atomic mass is 35.5. The largest absolute Gasteiger partial charge is 0.355 e. The van der Waals surface area contributed by atoms with E-state index in [1.807, 2.05) is 37.3 Å². The second kappa shape index (κ2) is 11.3. The molecule has 0 aliphatic rings. The Kier molecular flexibility index (Phi) is 9.16. The number of nitrogens with zero attached hydrogens (tertiary/aromatic N) is 1. The number of carbonyl (C=O) groups is 2. The number of hydrogen-bond acceptors (Lipinski definition) is 3. The zero-order chi connectivity index (χ0) is 20.5. The lowest BCUT2D eigenvalue weighted by Gasteiger charge is -2.29. The van der Waals surface area contributed by atoms with E-state index in [-0.39, 0.29) is 18.4 Å². The van der Waals surface area contributed by atoms with Crippen molar-refractivity contribution in [1.29, 1.82) is 0 Å². The van der Waals surface area contributed by atoms with Crippen molar-refractivity contribution in [1.82, 2.24) is 10.2 Å². The van der Waals surface area contributed by atoms with Gasteiger partial charge in [-0.3, -0.25) is 9.59 Å². The molecule has 7 heteroatoms. The number of halogens is 2. The molecule has 0 aliphatic carbocycles. The molecular formula is C21H24Cl2N2O2S. The Morgan fingerprint density at radius 3 is 2.50 bits per heavy atom. The number of amides is 2. The van der Waals surface area contributed by atoms with Gasteiger partial charge in [0.25, 0.3) is 0 Å². The van der Waals surface area contributed by atoms with Crippen molar-refractivity contribution in [3.8, 4) is 0 Å². The first-order chi connectivity index (χ1) is 13.4. The predicted molar refractivity (Wildman–Crippen MR) is 117 cm³/mol. The lowest BCUT2D eigenvalue weighted by molar-refractivity contribution is -0.140. The highest BCUT2D eigenvalue weighted by Gasteiger charge is 2.26. The molecule has 0 radical (unpaired) electrons. The number of carbonyl (C=O) groups excluding carboxylic acids is 2. The molecule has 0 aromatic heterocycles. The fourth-order valence-electron chi connectivity index (χ4n) is 2.65. The van der Waals surface area contributed by atoms with Crippen molar-refractivity contribution in [2.24, 2.45) is 0 Å². The van der Waals surface area contributed by atoms with Crippen LogP contribution in [0.1, 0.15) is 25.8 Å². The summed E-state index contributed by atoms with van der Waals surface area (Å²) in [6.45, 7) is 4.35. The Hall–Kier alpha value is -1.69. The second-order valence-corrected chi connectivity index (χ2v) is 8.25. The first-order valence-electron chi connectivity index (χ1n) is 9.11. The average molecular weight is 439 g/mol. The SMILES string of the molecule is CCNC(=O)[C@@H](C)N(Cc1ccc(Cl)cc1Cl)C(=O)CCSc1ccccc1. The summed E-state index contributed by atoms with van der Waals surface area (Å²) in [4.78, 5) is 28.0. The van der Waals surface area contributed by atoms with Crippen LogP contribution in [-0.4, -0.2) is 35.1 Å². The van der Waals surface area contributed by atoms with Crippen molar-refractivity contribution in [2.45, 2.75) is 37.8 Å². The minimum absolute atomic E-state index is 0.0896. The van der Waals surface area contributed by atoms with E-state index >= 15 is 0 Å². The Morgan fingerprint density at radius 1 is 1.14 bits per heavy atom. The first-order valence-corrected chi connectivity index (χ1v) is 10.9. The Bertz CT molecular complexity index is 802. The molecule has 150 valence electrons. The number of rotatable bonds is 9. The fraction of sp³-hybridized carbons (Fsp3) is 0.333. The zero-order valence-electron chi connectivity index (χ0n) is 16.0. The third-order valence-electron chi connectivity index (χ3n) is 4.20. The quantitative estimate of drug-likeness (QED) is 0.558. The Labute approximate surface area is 180 Å². The van der Waals surface area contributed by atoms with Crippen molar-refractivity contribution >= 4 is 46.8 Å². The van der Waals surface area contributed by atoms with Gasteiger partial charge in [-0.1, -0.05) is 47.5 Å². The fourth-order valence-corrected chi connectivity index (χ4v) is 3.98. The van der Waals surface area contributed by atoms with E-state index in [1.165, 1.54) is 0 Å². The molecule has 2 amide bonds. The molecule has 0 saturated heterocycles. The first kappa shape index (κ1) is 22.6. The molecule has 28 heavy (non-hydrogen) atoms. The molecule has 4 nitrogen and oxygen atoms in total. The Balaban J connectivity index is 2.09. The van der Waals surface area contributed by atoms with E-state index in [2.05, 4.69) is 5.32 Å². The van der Waals surface area contributed by atoms with Crippen LogP contribution in [0.3, 0.4) is 0 Å². The molecule has 0 heterocycles. The highest BCUT2D eigenvalue weighted by molar-refractivity contribution is 7.99. The highest BCUT2D eigenvalue weighted by Crippen LogP contribution is 2.24. The smallest absolute Gasteiger partial charge is 0.242 e. The summed E-state index contributed by atoms with van der Waals surface area (Å²) in [7, 11) is 0. The van der Waals surface area contributed by atoms with Gasteiger partial charge in [-0.15, -0.1) is 11.8 Å². The van der Waals surface area contributed by atoms with E-state index in [1.54, 1.807) is 41.8 Å². The number of thioether (sulfide) groups is 1. The van der Waals surface area contributed by atoms with E-state index in [4.69, 9.17) is 23.2 Å². The van der Waals surface area contributed by atoms with Crippen LogP contribution in [0.2, 0.25) is 10.0 Å². The van der Waals surface area contributed by atoms with Gasteiger partial charge >= 0.3 is 0 Å². The van der Waals surface area contributed by atoms with E-state index in [0.29, 0.717) is 28.8 Å². The molecule has 1 atom stereocenters. The number of hydrogen-bond donors (Lipinski definition) is 1. The molecule has 1 N–H and O–H groups in total. The normalized spacial score (nSPS) is 11.7. The van der Waals surface area contributed by atoms with E-state index in [0.717, 1.165) is 10.5 Å². The molecule has 0 bridgehead atoms. The molecule has 2 rings (SSSR count). The maximum Gasteiger partial charge on any atom is 0.242 e. The van der Waals surface area contributed by atoms with Gasteiger partial charge in [0.2, 0.25) is 11.8 Å². The molecule has 0 fully saturated rings.